The third-order valence-electron chi connectivity index (χ3n) is 4.14. The van der Waals surface area contributed by atoms with Crippen molar-refractivity contribution in [2.75, 3.05) is 7.11 Å². The van der Waals surface area contributed by atoms with Crippen molar-refractivity contribution < 1.29 is 14.6 Å². The molecule has 0 saturated heterocycles. The van der Waals surface area contributed by atoms with E-state index in [1.54, 1.807) is 14.0 Å². The van der Waals surface area contributed by atoms with Crippen LogP contribution in [0.2, 0.25) is 0 Å². The van der Waals surface area contributed by atoms with Crippen LogP contribution in [0.1, 0.15) is 41.8 Å². The number of hydrogen-bond acceptors (Lipinski definition) is 3. The number of benzene rings is 1. The van der Waals surface area contributed by atoms with Crippen molar-refractivity contribution in [2.24, 2.45) is 0 Å². The van der Waals surface area contributed by atoms with Gasteiger partial charge in [-0.1, -0.05) is 25.1 Å². The topological polar surface area (TPSA) is 59.4 Å². The molecule has 0 atom stereocenters. The number of carboxylic acid groups (broad SMARTS) is 1. The van der Waals surface area contributed by atoms with Crippen molar-refractivity contribution in [1.29, 1.82) is 0 Å². The van der Waals surface area contributed by atoms with Gasteiger partial charge in [-0.05, 0) is 56.0 Å². The van der Waals surface area contributed by atoms with Gasteiger partial charge in [-0.2, -0.15) is 0 Å². The second-order valence-corrected chi connectivity index (χ2v) is 5.82. The van der Waals surface area contributed by atoms with Crippen molar-refractivity contribution in [1.82, 2.24) is 4.98 Å². The van der Waals surface area contributed by atoms with Gasteiger partial charge in [0.05, 0.1) is 7.11 Å². The highest BCUT2D eigenvalue weighted by molar-refractivity contribution is 6.01. The molecule has 1 N–H and O–H groups in total. The summed E-state index contributed by atoms with van der Waals surface area (Å²) in [5.74, 6) is -0.513. The number of aromatic nitrogens is 1. The van der Waals surface area contributed by atoms with Crippen LogP contribution in [-0.2, 0) is 11.2 Å². The van der Waals surface area contributed by atoms with Crippen LogP contribution in [-0.4, -0.2) is 23.2 Å². The number of rotatable bonds is 5. The summed E-state index contributed by atoms with van der Waals surface area (Å²) in [6, 6.07) is 9.89. The Kier molecular flexibility index (Phi) is 5.39. The van der Waals surface area contributed by atoms with Gasteiger partial charge in [0.2, 0.25) is 5.88 Å². The standard InChI is InChI=1S/C20H23NO3/c1-6-15-9-7-12(2)17(11-15)18(14(4)20(22)23)16-10-8-13(3)21-19(16)24-5/h7-11H,6H2,1-5H3,(H,22,23)/b18-14+. The normalized spacial score (nSPS) is 11.9. The van der Waals surface area contributed by atoms with E-state index in [2.05, 4.69) is 24.0 Å². The van der Waals surface area contributed by atoms with Gasteiger partial charge < -0.3 is 9.84 Å². The van der Waals surface area contributed by atoms with Crippen LogP contribution in [0.15, 0.2) is 35.9 Å². The molecule has 0 saturated carbocycles. The van der Waals surface area contributed by atoms with Crippen LogP contribution in [0, 0.1) is 13.8 Å². The van der Waals surface area contributed by atoms with Crippen molar-refractivity contribution in [3.8, 4) is 5.88 Å². The van der Waals surface area contributed by atoms with Gasteiger partial charge in [0.15, 0.2) is 0 Å². The van der Waals surface area contributed by atoms with Crippen LogP contribution in [0.25, 0.3) is 5.57 Å². The minimum atomic E-state index is -0.950. The number of carbonyl (C=O) groups is 1. The molecule has 1 aromatic heterocycles. The van der Waals surface area contributed by atoms with Gasteiger partial charge in [0, 0.05) is 22.4 Å². The highest BCUT2D eigenvalue weighted by Crippen LogP contribution is 2.35. The highest BCUT2D eigenvalue weighted by Gasteiger charge is 2.20. The predicted molar refractivity (Wildman–Crippen MR) is 95.4 cm³/mol. The Balaban J connectivity index is 2.83. The Hall–Kier alpha value is -2.62. The molecule has 0 unspecified atom stereocenters. The Labute approximate surface area is 142 Å². The summed E-state index contributed by atoms with van der Waals surface area (Å²) in [5.41, 5.74) is 5.52. The Morgan fingerprint density at radius 2 is 1.88 bits per heavy atom. The van der Waals surface area contributed by atoms with E-state index in [9.17, 15) is 9.90 Å². The molecular formula is C20H23NO3. The van der Waals surface area contributed by atoms with Gasteiger partial charge in [0.1, 0.15) is 0 Å². The minimum absolute atomic E-state index is 0.273. The second-order valence-electron chi connectivity index (χ2n) is 5.82. The molecule has 0 bridgehead atoms. The smallest absolute Gasteiger partial charge is 0.331 e. The van der Waals surface area contributed by atoms with E-state index in [-0.39, 0.29) is 5.57 Å². The summed E-state index contributed by atoms with van der Waals surface area (Å²) in [4.78, 5) is 16.1. The number of aliphatic carboxylic acids is 1. The highest BCUT2D eigenvalue weighted by atomic mass is 16.5. The van der Waals surface area contributed by atoms with Gasteiger partial charge in [0.25, 0.3) is 0 Å². The molecule has 0 aliphatic heterocycles. The first-order chi connectivity index (χ1) is 11.4. The molecule has 24 heavy (non-hydrogen) atoms. The van der Waals surface area contributed by atoms with Gasteiger partial charge in [-0.15, -0.1) is 0 Å². The van der Waals surface area contributed by atoms with E-state index in [1.807, 2.05) is 32.0 Å². The Morgan fingerprint density at radius 3 is 2.46 bits per heavy atom. The third-order valence-corrected chi connectivity index (χ3v) is 4.14. The molecule has 0 radical (unpaired) electrons. The number of hydrogen-bond donors (Lipinski definition) is 1. The largest absolute Gasteiger partial charge is 0.481 e. The van der Waals surface area contributed by atoms with E-state index in [1.165, 1.54) is 0 Å². The lowest BCUT2D eigenvalue weighted by atomic mass is 9.89. The van der Waals surface area contributed by atoms with Crippen LogP contribution in [0.3, 0.4) is 0 Å². The van der Waals surface area contributed by atoms with Crippen molar-refractivity contribution >= 4 is 11.5 Å². The van der Waals surface area contributed by atoms with Gasteiger partial charge in [-0.25, -0.2) is 9.78 Å². The van der Waals surface area contributed by atoms with Crippen LogP contribution in [0.4, 0.5) is 0 Å². The molecule has 2 aromatic rings. The fourth-order valence-corrected chi connectivity index (χ4v) is 2.69. The summed E-state index contributed by atoms with van der Waals surface area (Å²) in [6.07, 6.45) is 0.885. The summed E-state index contributed by atoms with van der Waals surface area (Å²) in [6.45, 7) is 7.56. The maximum absolute atomic E-state index is 11.7. The Morgan fingerprint density at radius 1 is 1.17 bits per heavy atom. The minimum Gasteiger partial charge on any atom is -0.481 e. The molecule has 0 amide bonds. The van der Waals surface area contributed by atoms with E-state index >= 15 is 0 Å². The third kappa shape index (κ3) is 3.48. The fourth-order valence-electron chi connectivity index (χ4n) is 2.69. The average molecular weight is 325 g/mol. The molecule has 1 heterocycles. The number of pyridine rings is 1. The lowest BCUT2D eigenvalue weighted by molar-refractivity contribution is -0.132. The lowest BCUT2D eigenvalue weighted by Gasteiger charge is -2.17. The first kappa shape index (κ1) is 17.7. The second kappa shape index (κ2) is 7.30. The molecule has 2 rings (SSSR count). The molecule has 4 nitrogen and oxygen atoms in total. The predicted octanol–water partition coefficient (Wildman–Crippen LogP) is 4.18. The monoisotopic (exact) mass is 325 g/mol. The van der Waals surface area contributed by atoms with Crippen molar-refractivity contribution in [2.45, 2.75) is 34.1 Å². The Bertz CT molecular complexity index is 807. The number of methoxy groups -OCH3 is 1. The SMILES string of the molecule is CCc1ccc(C)c(/C(=C(\C)C(=O)O)c2ccc(C)nc2OC)c1. The lowest BCUT2D eigenvalue weighted by Crippen LogP contribution is -2.06. The molecular weight excluding hydrogens is 302 g/mol. The zero-order chi connectivity index (χ0) is 17.9. The molecule has 0 fully saturated rings. The summed E-state index contributed by atoms with van der Waals surface area (Å²) in [7, 11) is 1.55. The number of ether oxygens (including phenoxy) is 1. The zero-order valence-electron chi connectivity index (χ0n) is 14.8. The zero-order valence-corrected chi connectivity index (χ0v) is 14.8. The maximum atomic E-state index is 11.7. The van der Waals surface area contributed by atoms with Crippen LogP contribution >= 0.6 is 0 Å². The van der Waals surface area contributed by atoms with Crippen molar-refractivity contribution in [3.05, 3.63) is 63.9 Å². The van der Waals surface area contributed by atoms with Crippen LogP contribution in [0.5, 0.6) is 5.88 Å². The van der Waals surface area contributed by atoms with E-state index < -0.39 is 5.97 Å². The summed E-state index contributed by atoms with van der Waals surface area (Å²) >= 11 is 0. The van der Waals surface area contributed by atoms with Crippen molar-refractivity contribution in [3.63, 3.8) is 0 Å². The van der Waals surface area contributed by atoms with E-state index in [0.717, 1.165) is 28.8 Å². The van der Waals surface area contributed by atoms with E-state index in [4.69, 9.17) is 4.74 Å². The van der Waals surface area contributed by atoms with Gasteiger partial charge in [-0.3, -0.25) is 0 Å². The molecule has 0 aliphatic rings. The van der Waals surface area contributed by atoms with E-state index in [0.29, 0.717) is 17.0 Å². The molecule has 1 aromatic carbocycles. The molecule has 126 valence electrons. The quantitative estimate of drug-likeness (QED) is 0.838. The first-order valence-corrected chi connectivity index (χ1v) is 7.95. The molecule has 0 aliphatic carbocycles. The average Bonchev–Trinajstić information content (AvgIpc) is 2.57. The summed E-state index contributed by atoms with van der Waals surface area (Å²) in [5, 5.41) is 9.59. The molecule has 4 heteroatoms. The van der Waals surface area contributed by atoms with Crippen LogP contribution < -0.4 is 4.74 Å². The van der Waals surface area contributed by atoms with Gasteiger partial charge >= 0.3 is 5.97 Å². The molecule has 0 spiro atoms. The number of nitrogens with zero attached hydrogens (tertiary/aromatic N) is 1. The maximum Gasteiger partial charge on any atom is 0.331 e. The fraction of sp³-hybridized carbons (Fsp3) is 0.300. The number of carboxylic acids is 1. The number of aryl methyl sites for hydroxylation is 3. The summed E-state index contributed by atoms with van der Waals surface area (Å²) < 4.78 is 5.42. The first-order valence-electron chi connectivity index (χ1n) is 7.95.